The molecule has 0 spiro atoms. The maximum Gasteiger partial charge on any atom is 0.140 e. The highest BCUT2D eigenvalue weighted by molar-refractivity contribution is 9.10. The van der Waals surface area contributed by atoms with E-state index < -0.39 is 11.6 Å². The minimum Gasteiger partial charge on any atom is -0.310 e. The first-order valence-electron chi connectivity index (χ1n) is 4.56. The van der Waals surface area contributed by atoms with Crippen LogP contribution in [0, 0.1) is 11.6 Å². The van der Waals surface area contributed by atoms with Gasteiger partial charge in [0.05, 0.1) is 4.47 Å². The van der Waals surface area contributed by atoms with Crippen molar-refractivity contribution in [3.05, 3.63) is 33.8 Å². The Kier molecular flexibility index (Phi) is 2.83. The fraction of sp³-hybridized carbons (Fsp3) is 0.400. The predicted octanol–water partition coefficient (Wildman–Crippen LogP) is 3.15. The maximum atomic E-state index is 13.4. The Morgan fingerprint density at radius 3 is 2.71 bits per heavy atom. The van der Waals surface area contributed by atoms with Crippen molar-refractivity contribution in [1.29, 1.82) is 0 Å². The van der Waals surface area contributed by atoms with Gasteiger partial charge in [-0.2, -0.15) is 0 Å². The topological polar surface area (TPSA) is 12.0 Å². The summed E-state index contributed by atoms with van der Waals surface area (Å²) in [5.41, 5.74) is 0.552. The van der Waals surface area contributed by atoms with Crippen molar-refractivity contribution >= 4 is 15.9 Å². The van der Waals surface area contributed by atoms with Crippen LogP contribution in [-0.4, -0.2) is 6.54 Å². The van der Waals surface area contributed by atoms with E-state index in [4.69, 9.17) is 0 Å². The molecule has 0 aromatic heterocycles. The van der Waals surface area contributed by atoms with E-state index in [9.17, 15) is 8.78 Å². The molecule has 1 aromatic carbocycles. The molecule has 76 valence electrons. The normalized spacial score (nSPS) is 21.5. The van der Waals surface area contributed by atoms with E-state index in [0.29, 0.717) is 10.0 Å². The first kappa shape index (κ1) is 10.1. The third kappa shape index (κ3) is 1.81. The molecular formula is C10H10BrF2N. The first-order chi connectivity index (χ1) is 6.68. The average Bonchev–Trinajstić information content (AvgIpc) is 2.64. The van der Waals surface area contributed by atoms with Gasteiger partial charge in [0.1, 0.15) is 11.6 Å². The molecular weight excluding hydrogens is 252 g/mol. The molecule has 1 aliphatic rings. The van der Waals surface area contributed by atoms with Crippen molar-refractivity contribution in [2.45, 2.75) is 18.9 Å². The van der Waals surface area contributed by atoms with Crippen LogP contribution in [-0.2, 0) is 0 Å². The van der Waals surface area contributed by atoms with E-state index >= 15 is 0 Å². The van der Waals surface area contributed by atoms with Gasteiger partial charge in [0.25, 0.3) is 0 Å². The second-order valence-electron chi connectivity index (χ2n) is 3.44. The van der Waals surface area contributed by atoms with E-state index in [-0.39, 0.29) is 6.04 Å². The molecule has 0 bridgehead atoms. The van der Waals surface area contributed by atoms with Gasteiger partial charge in [-0.25, -0.2) is 8.78 Å². The molecule has 1 unspecified atom stereocenters. The van der Waals surface area contributed by atoms with Crippen molar-refractivity contribution in [2.75, 3.05) is 6.54 Å². The summed E-state index contributed by atoms with van der Waals surface area (Å²) in [5.74, 6) is -1.02. The van der Waals surface area contributed by atoms with Crippen molar-refractivity contribution in [3.8, 4) is 0 Å². The van der Waals surface area contributed by atoms with Gasteiger partial charge in [0, 0.05) is 17.7 Å². The number of rotatable bonds is 1. The average molecular weight is 262 g/mol. The van der Waals surface area contributed by atoms with Crippen LogP contribution in [0.15, 0.2) is 16.6 Å². The van der Waals surface area contributed by atoms with Gasteiger partial charge in [-0.05, 0) is 41.4 Å². The molecule has 1 heterocycles. The summed E-state index contributed by atoms with van der Waals surface area (Å²) in [4.78, 5) is 0. The minimum absolute atomic E-state index is 0.0342. The van der Waals surface area contributed by atoms with Crippen LogP contribution in [0.2, 0.25) is 0 Å². The Morgan fingerprint density at radius 2 is 2.07 bits per heavy atom. The van der Waals surface area contributed by atoms with Crippen LogP contribution >= 0.6 is 15.9 Å². The van der Waals surface area contributed by atoms with Crippen molar-refractivity contribution in [1.82, 2.24) is 5.32 Å². The fourth-order valence-corrected chi connectivity index (χ4v) is 2.12. The fourth-order valence-electron chi connectivity index (χ4n) is 1.75. The third-order valence-corrected chi connectivity index (χ3v) is 3.08. The highest BCUT2D eigenvalue weighted by Gasteiger charge is 2.20. The van der Waals surface area contributed by atoms with Gasteiger partial charge >= 0.3 is 0 Å². The van der Waals surface area contributed by atoms with Crippen LogP contribution in [0.1, 0.15) is 24.4 Å². The lowest BCUT2D eigenvalue weighted by molar-refractivity contribution is 0.537. The van der Waals surface area contributed by atoms with Crippen LogP contribution in [0.4, 0.5) is 8.78 Å². The Balaban J connectivity index is 2.37. The summed E-state index contributed by atoms with van der Waals surface area (Å²) in [6, 6.07) is 2.49. The molecule has 1 N–H and O–H groups in total. The van der Waals surface area contributed by atoms with Crippen LogP contribution in [0.3, 0.4) is 0 Å². The highest BCUT2D eigenvalue weighted by atomic mass is 79.9. The molecule has 0 radical (unpaired) electrons. The summed E-state index contributed by atoms with van der Waals surface area (Å²) in [5, 5.41) is 3.18. The molecule has 1 atom stereocenters. The zero-order chi connectivity index (χ0) is 10.1. The molecule has 0 saturated carbocycles. The van der Waals surface area contributed by atoms with E-state index in [2.05, 4.69) is 21.2 Å². The number of nitrogens with one attached hydrogen (secondary N) is 1. The number of halogens is 3. The second-order valence-corrected chi connectivity index (χ2v) is 4.29. The lowest BCUT2D eigenvalue weighted by Gasteiger charge is -2.12. The van der Waals surface area contributed by atoms with Gasteiger partial charge in [-0.15, -0.1) is 0 Å². The van der Waals surface area contributed by atoms with Gasteiger partial charge in [-0.1, -0.05) is 0 Å². The van der Waals surface area contributed by atoms with Gasteiger partial charge < -0.3 is 5.32 Å². The Bertz CT molecular complexity index is 348. The summed E-state index contributed by atoms with van der Waals surface area (Å²) in [6.07, 6.45) is 1.95. The van der Waals surface area contributed by atoms with Crippen molar-refractivity contribution in [2.24, 2.45) is 0 Å². The standard InChI is InChI=1S/C10H10BrF2N/c11-7-4-6(8(12)5-9(7)13)10-2-1-3-14-10/h4-5,10,14H,1-3H2. The van der Waals surface area contributed by atoms with Crippen molar-refractivity contribution in [3.63, 3.8) is 0 Å². The van der Waals surface area contributed by atoms with Gasteiger partial charge in [0.2, 0.25) is 0 Å². The Hall–Kier alpha value is -0.480. The lowest BCUT2D eigenvalue weighted by atomic mass is 10.0. The summed E-state index contributed by atoms with van der Waals surface area (Å²) in [6.45, 7) is 0.902. The molecule has 1 nitrogen and oxygen atoms in total. The monoisotopic (exact) mass is 261 g/mol. The minimum atomic E-state index is -0.552. The number of hydrogen-bond acceptors (Lipinski definition) is 1. The molecule has 0 amide bonds. The smallest absolute Gasteiger partial charge is 0.140 e. The van der Waals surface area contributed by atoms with Crippen LogP contribution in [0.5, 0.6) is 0 Å². The van der Waals surface area contributed by atoms with E-state index in [0.717, 1.165) is 25.5 Å². The summed E-state index contributed by atoms with van der Waals surface area (Å²) >= 11 is 3.06. The molecule has 14 heavy (non-hydrogen) atoms. The van der Waals surface area contributed by atoms with Gasteiger partial charge in [0.15, 0.2) is 0 Å². The largest absolute Gasteiger partial charge is 0.310 e. The van der Waals surface area contributed by atoms with E-state index in [1.54, 1.807) is 0 Å². The molecule has 1 aliphatic heterocycles. The number of benzene rings is 1. The highest BCUT2D eigenvalue weighted by Crippen LogP contribution is 2.29. The maximum absolute atomic E-state index is 13.4. The lowest BCUT2D eigenvalue weighted by Crippen LogP contribution is -2.14. The zero-order valence-electron chi connectivity index (χ0n) is 7.49. The van der Waals surface area contributed by atoms with Crippen molar-refractivity contribution < 1.29 is 8.78 Å². The molecule has 4 heteroatoms. The SMILES string of the molecule is Fc1cc(F)c(C2CCCN2)cc1Br. The summed E-state index contributed by atoms with van der Waals surface area (Å²) in [7, 11) is 0. The first-order valence-corrected chi connectivity index (χ1v) is 5.35. The third-order valence-electron chi connectivity index (χ3n) is 2.48. The zero-order valence-corrected chi connectivity index (χ0v) is 9.07. The second kappa shape index (κ2) is 3.95. The molecule has 1 aromatic rings. The predicted molar refractivity (Wildman–Crippen MR) is 54.0 cm³/mol. The molecule has 2 rings (SSSR count). The Morgan fingerprint density at radius 1 is 1.29 bits per heavy atom. The van der Waals surface area contributed by atoms with Crippen LogP contribution in [0.25, 0.3) is 0 Å². The molecule has 1 saturated heterocycles. The molecule has 1 fully saturated rings. The number of hydrogen-bond donors (Lipinski definition) is 1. The van der Waals surface area contributed by atoms with Crippen LogP contribution < -0.4 is 5.32 Å². The quantitative estimate of drug-likeness (QED) is 0.766. The summed E-state index contributed by atoms with van der Waals surface area (Å²) < 4.78 is 26.6. The van der Waals surface area contributed by atoms with E-state index in [1.165, 1.54) is 6.07 Å². The van der Waals surface area contributed by atoms with E-state index in [1.807, 2.05) is 0 Å². The van der Waals surface area contributed by atoms with Gasteiger partial charge in [-0.3, -0.25) is 0 Å². The molecule has 0 aliphatic carbocycles. The Labute approximate surface area is 89.6 Å².